The molecule has 0 unspecified atom stereocenters. The van der Waals surface area contributed by atoms with E-state index in [1.54, 1.807) is 39.8 Å². The first kappa shape index (κ1) is 17.4. The third kappa shape index (κ3) is 3.93. The summed E-state index contributed by atoms with van der Waals surface area (Å²) < 4.78 is 27.3. The fourth-order valence-electron chi connectivity index (χ4n) is 1.89. The fraction of sp³-hybridized carbons (Fsp3) is 0.462. The third-order valence-corrected chi connectivity index (χ3v) is 4.97. The van der Waals surface area contributed by atoms with Crippen LogP contribution in [0.3, 0.4) is 0 Å². The number of amides is 1. The molecule has 0 aliphatic heterocycles. The van der Waals surface area contributed by atoms with Gasteiger partial charge in [0.1, 0.15) is 0 Å². The lowest BCUT2D eigenvalue weighted by Crippen LogP contribution is -2.42. The van der Waals surface area contributed by atoms with E-state index >= 15 is 0 Å². The molecule has 6 N–H and O–H groups in total. The van der Waals surface area contributed by atoms with Crippen molar-refractivity contribution in [3.63, 3.8) is 0 Å². The standard InChI is InChI=1S/C13H22N4O3S/c1-8-5-10(17-15)6-9(2)11(8)21(19,20)16-7-13(3,4)12(14)18/h5-6,16-17H,7,15H2,1-4H3,(H2,14,18). The third-order valence-electron chi connectivity index (χ3n) is 3.27. The topological polar surface area (TPSA) is 127 Å². The van der Waals surface area contributed by atoms with E-state index in [-0.39, 0.29) is 11.4 Å². The summed E-state index contributed by atoms with van der Waals surface area (Å²) in [6, 6.07) is 3.28. The Labute approximate surface area is 125 Å². The van der Waals surface area contributed by atoms with Gasteiger partial charge in [0.05, 0.1) is 10.3 Å². The Hall–Kier alpha value is -1.64. The van der Waals surface area contributed by atoms with E-state index in [9.17, 15) is 13.2 Å². The van der Waals surface area contributed by atoms with Crippen molar-refractivity contribution < 1.29 is 13.2 Å². The second-order valence-electron chi connectivity index (χ2n) is 5.66. The molecule has 21 heavy (non-hydrogen) atoms. The molecular weight excluding hydrogens is 292 g/mol. The van der Waals surface area contributed by atoms with E-state index in [0.717, 1.165) is 0 Å². The van der Waals surface area contributed by atoms with E-state index in [4.69, 9.17) is 11.6 Å². The van der Waals surface area contributed by atoms with Crippen molar-refractivity contribution in [2.45, 2.75) is 32.6 Å². The number of primary amides is 1. The molecule has 0 aliphatic rings. The van der Waals surface area contributed by atoms with Gasteiger partial charge >= 0.3 is 0 Å². The maximum atomic E-state index is 12.4. The quantitative estimate of drug-likeness (QED) is 0.446. The number of aryl methyl sites for hydroxylation is 2. The number of hydrogen-bond donors (Lipinski definition) is 4. The van der Waals surface area contributed by atoms with Crippen LogP contribution in [0.2, 0.25) is 0 Å². The lowest BCUT2D eigenvalue weighted by molar-refractivity contribution is -0.125. The second kappa shape index (κ2) is 6.00. The summed E-state index contributed by atoms with van der Waals surface area (Å²) in [6.07, 6.45) is 0. The summed E-state index contributed by atoms with van der Waals surface area (Å²) in [7, 11) is -3.74. The maximum Gasteiger partial charge on any atom is 0.241 e. The van der Waals surface area contributed by atoms with Crippen molar-refractivity contribution >= 4 is 21.6 Å². The first-order chi connectivity index (χ1) is 9.51. The number of nitrogens with one attached hydrogen (secondary N) is 2. The number of hydrogen-bond acceptors (Lipinski definition) is 5. The fourth-order valence-corrected chi connectivity index (χ4v) is 3.55. The van der Waals surface area contributed by atoms with Crippen molar-refractivity contribution in [3.05, 3.63) is 23.3 Å². The first-order valence-electron chi connectivity index (χ1n) is 6.38. The molecule has 1 amide bonds. The molecule has 0 fully saturated rings. The van der Waals surface area contributed by atoms with Crippen LogP contribution in [-0.2, 0) is 14.8 Å². The van der Waals surface area contributed by atoms with Crippen LogP contribution in [0.15, 0.2) is 17.0 Å². The number of anilines is 1. The molecule has 0 aliphatic carbocycles. The van der Waals surface area contributed by atoms with Crippen LogP contribution >= 0.6 is 0 Å². The number of nitrogens with two attached hydrogens (primary N) is 2. The SMILES string of the molecule is Cc1cc(NN)cc(C)c1S(=O)(=O)NCC(C)(C)C(N)=O. The molecule has 0 spiro atoms. The predicted octanol–water partition coefficient (Wildman–Crippen LogP) is 0.379. The lowest BCUT2D eigenvalue weighted by atomic mass is 9.93. The number of carbonyl (C=O) groups excluding carboxylic acids is 1. The van der Waals surface area contributed by atoms with Gasteiger partial charge in [0.2, 0.25) is 15.9 Å². The van der Waals surface area contributed by atoms with Crippen LogP contribution in [0.5, 0.6) is 0 Å². The summed E-state index contributed by atoms with van der Waals surface area (Å²) in [5, 5.41) is 0. The molecule has 118 valence electrons. The predicted molar refractivity (Wildman–Crippen MR) is 81.9 cm³/mol. The van der Waals surface area contributed by atoms with Gasteiger partial charge in [0.25, 0.3) is 0 Å². The van der Waals surface area contributed by atoms with Crippen molar-refractivity contribution in [3.8, 4) is 0 Å². The molecule has 8 heteroatoms. The zero-order chi connectivity index (χ0) is 16.4. The van der Waals surface area contributed by atoms with Crippen molar-refractivity contribution in [1.29, 1.82) is 0 Å². The second-order valence-corrected chi connectivity index (χ2v) is 7.36. The molecule has 0 atom stereocenters. The zero-order valence-corrected chi connectivity index (χ0v) is 13.5. The molecule has 0 saturated carbocycles. The summed E-state index contributed by atoms with van der Waals surface area (Å²) in [5.41, 5.74) is 8.51. The molecule has 0 aromatic heterocycles. The Balaban J connectivity index is 3.13. The van der Waals surface area contributed by atoms with Gasteiger partial charge in [-0.25, -0.2) is 13.1 Å². The van der Waals surface area contributed by atoms with Crippen molar-refractivity contribution in [2.75, 3.05) is 12.0 Å². The van der Waals surface area contributed by atoms with Gasteiger partial charge in [-0.1, -0.05) is 0 Å². The average molecular weight is 314 g/mol. The Morgan fingerprint density at radius 2 is 1.71 bits per heavy atom. The molecule has 0 radical (unpaired) electrons. The maximum absolute atomic E-state index is 12.4. The summed E-state index contributed by atoms with van der Waals surface area (Å²) in [6.45, 7) is 6.46. The lowest BCUT2D eigenvalue weighted by Gasteiger charge is -2.21. The van der Waals surface area contributed by atoms with E-state index in [2.05, 4.69) is 10.1 Å². The highest BCUT2D eigenvalue weighted by Gasteiger charge is 2.28. The van der Waals surface area contributed by atoms with Crippen LogP contribution in [0.1, 0.15) is 25.0 Å². The van der Waals surface area contributed by atoms with Crippen LogP contribution in [0.25, 0.3) is 0 Å². The Bertz CT molecular complexity index is 630. The number of sulfonamides is 1. The summed E-state index contributed by atoms with van der Waals surface area (Å²) >= 11 is 0. The molecule has 1 aromatic carbocycles. The first-order valence-corrected chi connectivity index (χ1v) is 7.87. The minimum atomic E-state index is -3.74. The summed E-state index contributed by atoms with van der Waals surface area (Å²) in [5.74, 6) is 4.76. The van der Waals surface area contributed by atoms with Gasteiger partial charge in [0.15, 0.2) is 0 Å². The molecular formula is C13H22N4O3S. The number of hydrazine groups is 1. The molecule has 0 heterocycles. The number of nitrogen functional groups attached to an aromatic ring is 1. The number of carbonyl (C=O) groups is 1. The minimum absolute atomic E-state index is 0.0690. The monoisotopic (exact) mass is 314 g/mol. The van der Waals surface area contributed by atoms with Crippen LogP contribution < -0.4 is 21.7 Å². The number of benzene rings is 1. The van der Waals surface area contributed by atoms with E-state index in [1.807, 2.05) is 0 Å². The minimum Gasteiger partial charge on any atom is -0.369 e. The zero-order valence-electron chi connectivity index (χ0n) is 12.6. The molecule has 7 nitrogen and oxygen atoms in total. The van der Waals surface area contributed by atoms with Gasteiger partial charge in [-0.05, 0) is 51.0 Å². The van der Waals surface area contributed by atoms with Gasteiger partial charge < -0.3 is 11.2 Å². The highest BCUT2D eigenvalue weighted by Crippen LogP contribution is 2.24. The van der Waals surface area contributed by atoms with Gasteiger partial charge in [-0.2, -0.15) is 0 Å². The largest absolute Gasteiger partial charge is 0.369 e. The molecule has 0 saturated heterocycles. The highest BCUT2D eigenvalue weighted by atomic mass is 32.2. The Kier molecular flexibility index (Phi) is 4.98. The van der Waals surface area contributed by atoms with Crippen molar-refractivity contribution in [2.24, 2.45) is 17.0 Å². The van der Waals surface area contributed by atoms with E-state index in [0.29, 0.717) is 16.8 Å². The highest BCUT2D eigenvalue weighted by molar-refractivity contribution is 7.89. The van der Waals surface area contributed by atoms with Crippen molar-refractivity contribution in [1.82, 2.24) is 4.72 Å². The van der Waals surface area contributed by atoms with Gasteiger partial charge in [0, 0.05) is 12.2 Å². The smallest absolute Gasteiger partial charge is 0.241 e. The molecule has 0 bridgehead atoms. The normalized spacial score (nSPS) is 12.2. The van der Waals surface area contributed by atoms with Crippen LogP contribution in [0.4, 0.5) is 5.69 Å². The Morgan fingerprint density at radius 1 is 1.24 bits per heavy atom. The molecule has 1 rings (SSSR count). The van der Waals surface area contributed by atoms with Gasteiger partial charge in [-0.15, -0.1) is 0 Å². The number of rotatable bonds is 6. The summed E-state index contributed by atoms with van der Waals surface area (Å²) in [4.78, 5) is 11.4. The average Bonchev–Trinajstić information content (AvgIpc) is 2.35. The van der Waals surface area contributed by atoms with Crippen LogP contribution in [-0.4, -0.2) is 20.9 Å². The molecule has 1 aromatic rings. The van der Waals surface area contributed by atoms with Gasteiger partial charge in [-0.3, -0.25) is 10.6 Å². The van der Waals surface area contributed by atoms with Crippen LogP contribution in [0, 0.1) is 19.3 Å². The Morgan fingerprint density at radius 3 is 2.10 bits per heavy atom. The van der Waals surface area contributed by atoms with E-state index < -0.39 is 21.3 Å². The van der Waals surface area contributed by atoms with E-state index in [1.165, 1.54) is 0 Å².